The number of likely N-dealkylation sites (tertiary alicyclic amines) is 3. The minimum atomic E-state index is -0.932. The van der Waals surface area contributed by atoms with Crippen molar-refractivity contribution in [3.05, 3.63) is 26.1 Å². The first-order valence-corrected chi connectivity index (χ1v) is 29.9. The second-order valence-corrected chi connectivity index (χ2v) is 28.7. The number of halogens is 2. The molecule has 474 valence electrons. The number of carbonyl (C=O) groups excluding carboxylic acids is 8. The van der Waals surface area contributed by atoms with Crippen LogP contribution in [0.25, 0.3) is 0 Å². The van der Waals surface area contributed by atoms with Crippen molar-refractivity contribution in [2.75, 3.05) is 3.89 Å². The first-order chi connectivity index (χ1) is 37.1. The van der Waals surface area contributed by atoms with Crippen LogP contribution in [0.4, 0.5) is 19.2 Å². The summed E-state index contributed by atoms with van der Waals surface area (Å²) in [7, 11) is 0. The topological polar surface area (TPSA) is 251 Å². The van der Waals surface area contributed by atoms with Crippen molar-refractivity contribution in [3.8, 4) is 0 Å². The van der Waals surface area contributed by atoms with Gasteiger partial charge in [-0.3, -0.25) is 19.5 Å². The molecule has 0 aromatic carbocycles. The summed E-state index contributed by atoms with van der Waals surface area (Å²) in [6.07, 6.45) is 5.13. The Kier molecular flexibility index (Phi) is 32.5. The van der Waals surface area contributed by atoms with Gasteiger partial charge in [-0.2, -0.15) is 13.8 Å². The summed E-state index contributed by atoms with van der Waals surface area (Å²) in [5.41, 5.74) is -4.22. The minimum Gasteiger partial charge on any atom is -0.480 e. The fraction of sp³-hybridized carbons (Fsp3) is 0.780. The van der Waals surface area contributed by atoms with Gasteiger partial charge in [0, 0.05) is 24.7 Å². The number of esters is 3. The van der Waals surface area contributed by atoms with Gasteiger partial charge in [-0.15, -0.1) is 11.6 Å². The molecule has 2 saturated carbocycles. The Hall–Kier alpha value is -3.99. The first-order valence-electron chi connectivity index (χ1n) is 27.8. The normalized spacial score (nSPS) is 22.8. The van der Waals surface area contributed by atoms with Gasteiger partial charge in [-0.25, -0.2) is 43.3 Å². The zero-order valence-corrected chi connectivity index (χ0v) is 60.0. The van der Waals surface area contributed by atoms with Gasteiger partial charge in [0.2, 0.25) is 5.91 Å². The zero-order valence-electron chi connectivity index (χ0n) is 54.1. The van der Waals surface area contributed by atoms with Crippen molar-refractivity contribution in [3.63, 3.8) is 0 Å². The van der Waals surface area contributed by atoms with Gasteiger partial charge >= 0.3 is 67.7 Å². The average molecular weight is 1370 g/mol. The van der Waals surface area contributed by atoms with Crippen molar-refractivity contribution in [1.82, 2.24) is 19.6 Å². The quantitative estimate of drug-likeness (QED) is 0.0686. The Morgan fingerprint density at radius 2 is 0.807 bits per heavy atom. The number of amides is 5. The molecule has 83 heavy (non-hydrogen) atoms. The van der Waals surface area contributed by atoms with Gasteiger partial charge in [-0.1, -0.05) is 28.7 Å². The van der Waals surface area contributed by atoms with Crippen LogP contribution in [0.15, 0.2) is 12.3 Å². The van der Waals surface area contributed by atoms with Gasteiger partial charge in [0.25, 0.3) is 0 Å². The number of hydrogen-bond acceptors (Lipinski definition) is 16. The van der Waals surface area contributed by atoms with Crippen molar-refractivity contribution >= 4 is 88.3 Å². The number of carboxylic acids is 1. The molecule has 0 spiro atoms. The van der Waals surface area contributed by atoms with Crippen LogP contribution >= 0.6 is 34.2 Å². The second-order valence-electron chi connectivity index (χ2n) is 26.8. The maximum atomic E-state index is 12.3. The van der Waals surface area contributed by atoms with E-state index in [1.54, 1.807) is 135 Å². The largest absolute Gasteiger partial charge is 2.00 e. The minimum absolute atomic E-state index is 0. The van der Waals surface area contributed by atoms with E-state index < -0.39 is 112 Å². The molecule has 4 aliphatic heterocycles. The number of rotatable bonds is 4. The number of fused-ring (bicyclic) bond motifs is 2. The van der Waals surface area contributed by atoms with E-state index >= 15 is 0 Å². The summed E-state index contributed by atoms with van der Waals surface area (Å²) < 4.78 is 37.7. The van der Waals surface area contributed by atoms with Crippen molar-refractivity contribution in [2.24, 2.45) is 11.8 Å². The monoisotopic (exact) mass is 1360 g/mol. The smallest absolute Gasteiger partial charge is 0.480 e. The predicted molar refractivity (Wildman–Crippen MR) is 320 cm³/mol. The molecule has 4 heterocycles. The van der Waals surface area contributed by atoms with E-state index in [2.05, 4.69) is 36.4 Å². The van der Waals surface area contributed by atoms with Gasteiger partial charge in [-0.05, 0) is 196 Å². The van der Waals surface area contributed by atoms with Crippen molar-refractivity contribution < 1.29 is 101 Å². The summed E-state index contributed by atoms with van der Waals surface area (Å²) in [4.78, 5) is 112. The summed E-state index contributed by atoms with van der Waals surface area (Å²) in [5, 5.41) is 9.02. The Labute approximate surface area is 527 Å². The van der Waals surface area contributed by atoms with Crippen molar-refractivity contribution in [2.45, 2.75) is 280 Å². The first kappa shape index (κ1) is 81.1. The summed E-state index contributed by atoms with van der Waals surface area (Å²) >= 11 is 7.04. The molecule has 2 aliphatic carbocycles. The predicted octanol–water partition coefficient (Wildman–Crippen LogP) is 12.6. The molecule has 5 amide bonds. The van der Waals surface area contributed by atoms with E-state index in [-0.39, 0.29) is 50.4 Å². The Bertz CT molecular complexity index is 2200. The van der Waals surface area contributed by atoms with Crippen molar-refractivity contribution in [1.29, 1.82) is 0 Å². The van der Waals surface area contributed by atoms with E-state index in [1.807, 2.05) is 41.5 Å². The summed E-state index contributed by atoms with van der Waals surface area (Å²) in [6, 6.07) is -2.46. The van der Waals surface area contributed by atoms with Crippen LogP contribution < -0.4 is 0 Å². The van der Waals surface area contributed by atoms with Crippen LogP contribution in [-0.2, 0) is 76.6 Å². The number of nitrogens with zero attached hydrogens (tertiary/aromatic N) is 4. The molecule has 21 nitrogen and oxygen atoms in total. The number of carbonyl (C=O) groups is 9. The maximum absolute atomic E-state index is 12.3. The SMILES string of the molecule is CC(C)(C)OC(=O)N1C(C(=O)O)C[C@H]2C[C@H]21.CC(C)(C)OC(=O)[C@H]1CC=CN1C(=O)OC(C)(C)C.CC(C)(C)OC(=O)[C@H]1CCC(=O)N1C(=O)OC(C)(C)C.CC(C)(C)OC(=O)[C@H]1C[C@H]2C[C@H]2N1C(=O)OC(C)(C)C.ClCI.[CH2-]C.[CH2-]C.[Zn+2]. The van der Waals surface area contributed by atoms with Gasteiger partial charge in [0.05, 0.1) is 3.89 Å². The molecule has 3 saturated heterocycles. The molecule has 5 fully saturated rings. The third-order valence-corrected chi connectivity index (χ3v) is 11.1. The molecule has 0 bridgehead atoms. The second kappa shape index (κ2) is 33.2. The average Bonchev–Trinajstić information content (AvgIpc) is 3.89. The fourth-order valence-corrected chi connectivity index (χ4v) is 8.29. The number of imide groups is 1. The number of carboxylic acid groups (broad SMARTS) is 1. The van der Waals surface area contributed by atoms with Crippen LogP contribution in [0.3, 0.4) is 0 Å². The molecule has 6 aliphatic rings. The molecule has 0 radical (unpaired) electrons. The summed E-state index contributed by atoms with van der Waals surface area (Å²) in [6.45, 7) is 47.4. The van der Waals surface area contributed by atoms with E-state index in [1.165, 1.54) is 9.80 Å². The Morgan fingerprint density at radius 1 is 0.506 bits per heavy atom. The van der Waals surface area contributed by atoms with Gasteiger partial charge < -0.3 is 52.1 Å². The maximum Gasteiger partial charge on any atom is 2.00 e. The molecule has 0 aromatic heterocycles. The standard InChI is InChI=1S/C15H25NO4.C14H23NO5.C14H23NO4.C11H17NO4.2C2H5.CH2ClI.Zn/c1-14(2,3)19-12(17)11-8-9-7-10(9)16(11)13(18)20-15(4,5)6;1-13(2,3)19-11(17)9-7-8-10(16)15(9)12(18)20-14(4,5)6;1-13(2,3)18-11(16)10-8-7-9-15(10)12(17)19-14(4,5)6;1-11(2,3)16-10(15)12-7-4-6(7)5-8(12)9(13)14;2*1-2;2-1-3;/h9-11H,7-8H2,1-6H3;9H,7-8H2,1-6H3;7,9-10H,8H2,1-6H3;6-8H,4-5H2,1-3H3,(H,13,14);2*1H2,2H3;1H2;/q;;;;2*-1;;+2/t9-,10-,11-;9-;10-;6-,7-,8?;;;;/m1111..../s1. The molecule has 24 heteroatoms. The van der Waals surface area contributed by atoms with E-state index in [0.717, 1.165) is 17.7 Å². The molecule has 0 aromatic rings. The number of piperidine rings is 2. The van der Waals surface area contributed by atoms with Crippen LogP contribution in [0, 0.1) is 25.7 Å². The van der Waals surface area contributed by atoms with Crippen LogP contribution in [0.1, 0.15) is 204 Å². The molecule has 8 atom stereocenters. The zero-order chi connectivity index (χ0) is 64.6. The van der Waals surface area contributed by atoms with E-state index in [9.17, 15) is 43.2 Å². The molecule has 1 unspecified atom stereocenters. The third-order valence-electron chi connectivity index (χ3n) is 11.1. The van der Waals surface area contributed by atoms with Gasteiger partial charge in [0.15, 0.2) is 0 Å². The number of aliphatic carboxylic acids is 1. The molecular formula is C59H100ClIN4O17Zn. The fourth-order valence-electron chi connectivity index (χ4n) is 8.29. The van der Waals surface area contributed by atoms with Crippen LogP contribution in [0.5, 0.6) is 0 Å². The van der Waals surface area contributed by atoms with Gasteiger partial charge in [0.1, 0.15) is 63.4 Å². The van der Waals surface area contributed by atoms with Crippen LogP contribution in [0.2, 0.25) is 0 Å². The third kappa shape index (κ3) is 30.3. The number of ether oxygens (including phenoxy) is 7. The molecule has 6 rings (SSSR count). The number of alkyl halides is 2. The van der Waals surface area contributed by atoms with E-state index in [4.69, 9.17) is 49.9 Å². The van der Waals surface area contributed by atoms with E-state index in [0.29, 0.717) is 35.0 Å². The Morgan fingerprint density at radius 3 is 1.16 bits per heavy atom. The molecular weight excluding hydrogens is 1260 g/mol. The Balaban J connectivity index is 0. The molecule has 1 N–H and O–H groups in total. The summed E-state index contributed by atoms with van der Waals surface area (Å²) in [5.74, 6) is -1.85. The van der Waals surface area contributed by atoms with Crippen LogP contribution in [-0.4, -0.2) is 158 Å². The number of hydrogen-bond donors (Lipinski definition) is 1.